The third-order valence-electron chi connectivity index (χ3n) is 2.61. The van der Waals surface area contributed by atoms with E-state index in [0.717, 1.165) is 36.9 Å². The number of likely N-dealkylation sites (N-methyl/N-ethyl adjacent to an activating group) is 1. The molecule has 1 atom stereocenters. The fraction of sp³-hybridized carbons (Fsp3) is 0.615. The van der Waals surface area contributed by atoms with Crippen molar-refractivity contribution in [1.82, 2.24) is 10.3 Å². The first-order valence-corrected chi connectivity index (χ1v) is 6.90. The Labute approximate surface area is 112 Å². The summed E-state index contributed by atoms with van der Waals surface area (Å²) in [5, 5.41) is 3.32. The summed E-state index contributed by atoms with van der Waals surface area (Å²) in [7, 11) is 2.00. The highest BCUT2D eigenvalue weighted by Crippen LogP contribution is 2.12. The van der Waals surface area contributed by atoms with Crippen molar-refractivity contribution < 1.29 is 4.74 Å². The molecule has 1 unspecified atom stereocenters. The summed E-state index contributed by atoms with van der Waals surface area (Å²) in [6.45, 7) is 3.80. The highest BCUT2D eigenvalue weighted by Gasteiger charge is 2.07. The smallest absolute Gasteiger partial charge is 0.0480 e. The number of hydrogen-bond acceptors (Lipinski definition) is 3. The normalized spacial score (nSPS) is 12.6. The van der Waals surface area contributed by atoms with Gasteiger partial charge in [0.2, 0.25) is 0 Å². The van der Waals surface area contributed by atoms with Gasteiger partial charge in [0.1, 0.15) is 0 Å². The SMILES string of the molecule is CCCOCCC(Cc1cncc(Br)c1)NC. The molecule has 17 heavy (non-hydrogen) atoms. The maximum Gasteiger partial charge on any atom is 0.0480 e. The van der Waals surface area contributed by atoms with E-state index in [1.165, 1.54) is 5.56 Å². The highest BCUT2D eigenvalue weighted by atomic mass is 79.9. The number of halogens is 1. The van der Waals surface area contributed by atoms with E-state index >= 15 is 0 Å². The minimum Gasteiger partial charge on any atom is -0.381 e. The lowest BCUT2D eigenvalue weighted by atomic mass is 10.1. The third-order valence-corrected chi connectivity index (χ3v) is 3.04. The van der Waals surface area contributed by atoms with Crippen LogP contribution in [0.5, 0.6) is 0 Å². The molecule has 4 heteroatoms. The van der Waals surface area contributed by atoms with Crippen molar-refractivity contribution in [2.24, 2.45) is 0 Å². The topological polar surface area (TPSA) is 34.1 Å². The summed E-state index contributed by atoms with van der Waals surface area (Å²) < 4.78 is 6.55. The zero-order valence-electron chi connectivity index (χ0n) is 10.6. The molecule has 0 aromatic carbocycles. The summed E-state index contributed by atoms with van der Waals surface area (Å²) in [5.74, 6) is 0. The molecule has 0 radical (unpaired) electrons. The lowest BCUT2D eigenvalue weighted by Crippen LogP contribution is -2.29. The van der Waals surface area contributed by atoms with E-state index in [0.29, 0.717) is 6.04 Å². The molecule has 0 saturated heterocycles. The Bertz CT molecular complexity index is 320. The third kappa shape index (κ3) is 6.15. The Balaban J connectivity index is 2.35. The van der Waals surface area contributed by atoms with Crippen molar-refractivity contribution in [2.75, 3.05) is 20.3 Å². The molecule has 0 spiro atoms. The number of nitrogens with one attached hydrogen (secondary N) is 1. The van der Waals surface area contributed by atoms with Crippen molar-refractivity contribution >= 4 is 15.9 Å². The van der Waals surface area contributed by atoms with Gasteiger partial charge in [-0.3, -0.25) is 4.98 Å². The monoisotopic (exact) mass is 300 g/mol. The first-order valence-electron chi connectivity index (χ1n) is 6.10. The predicted octanol–water partition coefficient (Wildman–Crippen LogP) is 2.79. The molecule has 1 N–H and O–H groups in total. The van der Waals surface area contributed by atoms with Crippen LogP contribution in [0.4, 0.5) is 0 Å². The molecule has 0 saturated carbocycles. The molecule has 96 valence electrons. The van der Waals surface area contributed by atoms with E-state index in [1.54, 1.807) is 0 Å². The summed E-state index contributed by atoms with van der Waals surface area (Å²) in [4.78, 5) is 4.18. The largest absolute Gasteiger partial charge is 0.381 e. The van der Waals surface area contributed by atoms with Gasteiger partial charge in [0, 0.05) is 36.1 Å². The lowest BCUT2D eigenvalue weighted by Gasteiger charge is -2.16. The van der Waals surface area contributed by atoms with Crippen LogP contribution in [-0.4, -0.2) is 31.3 Å². The van der Waals surface area contributed by atoms with E-state index in [4.69, 9.17) is 4.74 Å². The van der Waals surface area contributed by atoms with Crippen molar-refractivity contribution in [3.8, 4) is 0 Å². The van der Waals surface area contributed by atoms with Crippen molar-refractivity contribution in [3.63, 3.8) is 0 Å². The fourth-order valence-electron chi connectivity index (χ4n) is 1.67. The van der Waals surface area contributed by atoms with Crippen LogP contribution in [0.1, 0.15) is 25.3 Å². The van der Waals surface area contributed by atoms with E-state index in [2.05, 4.69) is 39.2 Å². The van der Waals surface area contributed by atoms with Crippen LogP contribution in [0.25, 0.3) is 0 Å². The van der Waals surface area contributed by atoms with E-state index in [-0.39, 0.29) is 0 Å². The Morgan fingerprint density at radius 1 is 1.41 bits per heavy atom. The van der Waals surface area contributed by atoms with Gasteiger partial charge in [0.15, 0.2) is 0 Å². The summed E-state index contributed by atoms with van der Waals surface area (Å²) in [5.41, 5.74) is 1.24. The van der Waals surface area contributed by atoms with E-state index in [9.17, 15) is 0 Å². The minimum absolute atomic E-state index is 0.447. The Morgan fingerprint density at radius 2 is 2.24 bits per heavy atom. The number of hydrogen-bond donors (Lipinski definition) is 1. The minimum atomic E-state index is 0.447. The average molecular weight is 301 g/mol. The maximum atomic E-state index is 5.51. The molecule has 0 aliphatic heterocycles. The predicted molar refractivity (Wildman–Crippen MR) is 74.2 cm³/mol. The highest BCUT2D eigenvalue weighted by molar-refractivity contribution is 9.10. The fourth-order valence-corrected chi connectivity index (χ4v) is 2.08. The average Bonchev–Trinajstić information content (AvgIpc) is 2.33. The quantitative estimate of drug-likeness (QED) is 0.750. The van der Waals surface area contributed by atoms with Crippen LogP contribution >= 0.6 is 15.9 Å². The standard InChI is InChI=1S/C13H21BrN2O/c1-3-5-17-6-4-13(15-2)8-11-7-12(14)10-16-9-11/h7,9-10,13,15H,3-6,8H2,1-2H3. The van der Waals surface area contributed by atoms with Gasteiger partial charge in [0.05, 0.1) is 0 Å². The second-order valence-corrected chi connectivity index (χ2v) is 5.02. The number of aromatic nitrogens is 1. The molecular formula is C13H21BrN2O. The van der Waals surface area contributed by atoms with Gasteiger partial charge in [0.25, 0.3) is 0 Å². The van der Waals surface area contributed by atoms with Gasteiger partial charge in [-0.05, 0) is 53.9 Å². The molecule has 0 aliphatic rings. The Hall–Kier alpha value is -0.450. The number of nitrogens with zero attached hydrogens (tertiary/aromatic N) is 1. The molecule has 3 nitrogen and oxygen atoms in total. The molecule has 1 aromatic heterocycles. The molecule has 1 rings (SSSR count). The van der Waals surface area contributed by atoms with Gasteiger partial charge in [-0.1, -0.05) is 6.92 Å². The van der Waals surface area contributed by atoms with Crippen molar-refractivity contribution in [3.05, 3.63) is 28.5 Å². The number of ether oxygens (including phenoxy) is 1. The van der Waals surface area contributed by atoms with Crippen LogP contribution in [0.2, 0.25) is 0 Å². The first-order chi connectivity index (χ1) is 8.26. The molecule has 0 bridgehead atoms. The lowest BCUT2D eigenvalue weighted by molar-refractivity contribution is 0.125. The zero-order valence-corrected chi connectivity index (χ0v) is 12.2. The van der Waals surface area contributed by atoms with Crippen molar-refractivity contribution in [1.29, 1.82) is 0 Å². The summed E-state index contributed by atoms with van der Waals surface area (Å²) in [6.07, 6.45) is 6.82. The van der Waals surface area contributed by atoms with Crippen LogP contribution in [0.15, 0.2) is 22.9 Å². The Morgan fingerprint density at radius 3 is 2.88 bits per heavy atom. The van der Waals surface area contributed by atoms with Crippen LogP contribution in [-0.2, 0) is 11.2 Å². The maximum absolute atomic E-state index is 5.51. The molecule has 1 heterocycles. The van der Waals surface area contributed by atoms with Crippen LogP contribution in [0.3, 0.4) is 0 Å². The van der Waals surface area contributed by atoms with Gasteiger partial charge in [-0.25, -0.2) is 0 Å². The summed E-state index contributed by atoms with van der Waals surface area (Å²) >= 11 is 3.44. The van der Waals surface area contributed by atoms with Crippen molar-refractivity contribution in [2.45, 2.75) is 32.2 Å². The van der Waals surface area contributed by atoms with E-state index in [1.807, 2.05) is 19.4 Å². The molecule has 0 amide bonds. The molecule has 0 fully saturated rings. The van der Waals surface area contributed by atoms with E-state index < -0.39 is 0 Å². The van der Waals surface area contributed by atoms with Gasteiger partial charge >= 0.3 is 0 Å². The second kappa shape index (κ2) is 8.61. The molecular weight excluding hydrogens is 280 g/mol. The van der Waals surface area contributed by atoms with Gasteiger partial charge in [-0.2, -0.15) is 0 Å². The zero-order chi connectivity index (χ0) is 12.5. The number of rotatable bonds is 8. The van der Waals surface area contributed by atoms with Gasteiger partial charge in [-0.15, -0.1) is 0 Å². The Kier molecular flexibility index (Phi) is 7.40. The van der Waals surface area contributed by atoms with Crippen LogP contribution in [0, 0.1) is 0 Å². The van der Waals surface area contributed by atoms with Gasteiger partial charge < -0.3 is 10.1 Å². The second-order valence-electron chi connectivity index (χ2n) is 4.10. The van der Waals surface area contributed by atoms with Crippen LogP contribution < -0.4 is 5.32 Å². The number of pyridine rings is 1. The molecule has 1 aromatic rings. The summed E-state index contributed by atoms with van der Waals surface area (Å²) in [6, 6.07) is 2.56. The molecule has 0 aliphatic carbocycles. The first kappa shape index (κ1) is 14.6.